The number of hydrogen-bond donors (Lipinski definition) is 1. The molecule has 3 rings (SSSR count). The summed E-state index contributed by atoms with van der Waals surface area (Å²) in [7, 11) is 0. The van der Waals surface area contributed by atoms with Crippen molar-refractivity contribution in [3.63, 3.8) is 0 Å². The molecule has 0 bridgehead atoms. The van der Waals surface area contributed by atoms with E-state index in [-0.39, 0.29) is 5.91 Å². The molecule has 0 saturated carbocycles. The average molecular weight is 351 g/mol. The number of halogens is 2. The zero-order chi connectivity index (χ0) is 16.2. The number of anilines is 2. The minimum absolute atomic E-state index is 0.0652. The smallest absolute Gasteiger partial charge is 0.274 e. The summed E-state index contributed by atoms with van der Waals surface area (Å²) in [6.45, 7) is 1.58. The van der Waals surface area contributed by atoms with E-state index in [0.29, 0.717) is 27.2 Å². The first kappa shape index (κ1) is 16.0. The third kappa shape index (κ3) is 3.92. The molecule has 0 aliphatic carbocycles. The number of nitrogens with zero attached hydrogens (tertiary/aromatic N) is 3. The zero-order valence-electron chi connectivity index (χ0n) is 12.4. The fourth-order valence-electron chi connectivity index (χ4n) is 2.49. The number of amides is 1. The van der Waals surface area contributed by atoms with Crippen LogP contribution in [0.15, 0.2) is 30.6 Å². The highest BCUT2D eigenvalue weighted by Gasteiger charge is 2.19. The molecule has 1 aromatic carbocycles. The van der Waals surface area contributed by atoms with Gasteiger partial charge in [-0.3, -0.25) is 4.79 Å². The summed E-state index contributed by atoms with van der Waals surface area (Å²) in [6, 6.07) is 5.12. The van der Waals surface area contributed by atoms with Crippen LogP contribution < -0.4 is 5.32 Å². The first-order valence-corrected chi connectivity index (χ1v) is 8.22. The Labute approximate surface area is 144 Å². The molecule has 1 fully saturated rings. The molecule has 0 radical (unpaired) electrons. The number of carbonyl (C=O) groups excluding carboxylic acids is 1. The van der Waals surface area contributed by atoms with Crippen LogP contribution >= 0.6 is 23.2 Å². The number of piperidine rings is 1. The molecule has 7 heteroatoms. The van der Waals surface area contributed by atoms with Crippen LogP contribution in [0.5, 0.6) is 0 Å². The molecule has 1 aromatic heterocycles. The quantitative estimate of drug-likeness (QED) is 0.902. The normalized spacial score (nSPS) is 14.6. The van der Waals surface area contributed by atoms with Crippen LogP contribution in [-0.4, -0.2) is 33.9 Å². The standard InChI is InChI=1S/C16H16Cl2N4O/c17-11-4-5-12(18)13(8-11)21-15-10-19-14(9-20-15)16(23)22-6-2-1-3-7-22/h4-5,8-10H,1-3,6-7H2,(H,20,21). The molecule has 0 atom stereocenters. The topological polar surface area (TPSA) is 58.1 Å². The Bertz CT molecular complexity index is 700. The monoisotopic (exact) mass is 350 g/mol. The van der Waals surface area contributed by atoms with Crippen molar-refractivity contribution in [3.8, 4) is 0 Å². The second-order valence-corrected chi connectivity index (χ2v) is 6.23. The highest BCUT2D eigenvalue weighted by atomic mass is 35.5. The van der Waals surface area contributed by atoms with E-state index in [4.69, 9.17) is 23.2 Å². The molecular formula is C16H16Cl2N4O. The minimum Gasteiger partial charge on any atom is -0.338 e. The van der Waals surface area contributed by atoms with Crippen molar-refractivity contribution in [2.24, 2.45) is 0 Å². The Hall–Kier alpha value is -1.85. The minimum atomic E-state index is -0.0652. The van der Waals surface area contributed by atoms with Gasteiger partial charge in [0.15, 0.2) is 0 Å². The van der Waals surface area contributed by atoms with E-state index >= 15 is 0 Å². The summed E-state index contributed by atoms with van der Waals surface area (Å²) >= 11 is 12.1. The molecule has 1 amide bonds. The van der Waals surface area contributed by atoms with Gasteiger partial charge in [0.2, 0.25) is 0 Å². The van der Waals surface area contributed by atoms with Crippen LogP contribution in [0.25, 0.3) is 0 Å². The zero-order valence-corrected chi connectivity index (χ0v) is 13.9. The van der Waals surface area contributed by atoms with E-state index in [2.05, 4.69) is 15.3 Å². The Morgan fingerprint density at radius 2 is 1.87 bits per heavy atom. The molecule has 23 heavy (non-hydrogen) atoms. The van der Waals surface area contributed by atoms with E-state index in [0.717, 1.165) is 25.9 Å². The number of aromatic nitrogens is 2. The predicted molar refractivity (Wildman–Crippen MR) is 91.5 cm³/mol. The maximum absolute atomic E-state index is 12.3. The number of nitrogens with one attached hydrogen (secondary N) is 1. The van der Waals surface area contributed by atoms with Gasteiger partial charge >= 0.3 is 0 Å². The van der Waals surface area contributed by atoms with Gasteiger partial charge in [-0.1, -0.05) is 23.2 Å². The van der Waals surface area contributed by atoms with E-state index in [1.165, 1.54) is 18.8 Å². The maximum atomic E-state index is 12.3. The lowest BCUT2D eigenvalue weighted by atomic mass is 10.1. The Morgan fingerprint density at radius 1 is 1.09 bits per heavy atom. The maximum Gasteiger partial charge on any atom is 0.274 e. The summed E-state index contributed by atoms with van der Waals surface area (Å²) in [4.78, 5) is 22.6. The Kier molecular flexibility index (Phi) is 4.98. The molecule has 0 spiro atoms. The molecule has 1 N–H and O–H groups in total. The summed E-state index contributed by atoms with van der Waals surface area (Å²) in [5.74, 6) is 0.439. The highest BCUT2D eigenvalue weighted by Crippen LogP contribution is 2.27. The molecule has 2 aromatic rings. The van der Waals surface area contributed by atoms with Crippen molar-refractivity contribution in [1.82, 2.24) is 14.9 Å². The van der Waals surface area contributed by atoms with Crippen LogP contribution in [-0.2, 0) is 0 Å². The Balaban J connectivity index is 1.71. The van der Waals surface area contributed by atoms with Gasteiger partial charge in [0.05, 0.1) is 23.1 Å². The highest BCUT2D eigenvalue weighted by molar-refractivity contribution is 6.35. The largest absolute Gasteiger partial charge is 0.338 e. The number of rotatable bonds is 3. The van der Waals surface area contributed by atoms with Gasteiger partial charge in [-0.25, -0.2) is 9.97 Å². The van der Waals surface area contributed by atoms with E-state index < -0.39 is 0 Å². The van der Waals surface area contributed by atoms with Crippen LogP contribution in [0.1, 0.15) is 29.8 Å². The molecule has 120 valence electrons. The number of likely N-dealkylation sites (tertiary alicyclic amines) is 1. The van der Waals surface area contributed by atoms with Crippen molar-refractivity contribution in [3.05, 3.63) is 46.3 Å². The van der Waals surface area contributed by atoms with Crippen molar-refractivity contribution >= 4 is 40.6 Å². The third-order valence-electron chi connectivity index (χ3n) is 3.71. The summed E-state index contributed by atoms with van der Waals surface area (Å²) < 4.78 is 0. The number of benzene rings is 1. The lowest BCUT2D eigenvalue weighted by molar-refractivity contribution is 0.0718. The lowest BCUT2D eigenvalue weighted by Gasteiger charge is -2.26. The Morgan fingerprint density at radius 3 is 2.57 bits per heavy atom. The van der Waals surface area contributed by atoms with Gasteiger partial charge in [0.25, 0.3) is 5.91 Å². The van der Waals surface area contributed by atoms with E-state index in [1.807, 2.05) is 4.90 Å². The molecule has 0 unspecified atom stereocenters. The summed E-state index contributed by atoms with van der Waals surface area (Å²) in [5.41, 5.74) is 0.998. The lowest BCUT2D eigenvalue weighted by Crippen LogP contribution is -2.36. The average Bonchev–Trinajstić information content (AvgIpc) is 2.59. The summed E-state index contributed by atoms with van der Waals surface area (Å²) in [5, 5.41) is 4.15. The SMILES string of the molecule is O=C(c1cnc(Nc2cc(Cl)ccc2Cl)cn1)N1CCCCC1. The van der Waals surface area contributed by atoms with Gasteiger partial charge in [0.1, 0.15) is 11.5 Å². The molecule has 2 heterocycles. The summed E-state index contributed by atoms with van der Waals surface area (Å²) in [6.07, 6.45) is 6.28. The van der Waals surface area contributed by atoms with Gasteiger partial charge in [0, 0.05) is 18.1 Å². The number of hydrogen-bond acceptors (Lipinski definition) is 4. The molecular weight excluding hydrogens is 335 g/mol. The number of carbonyl (C=O) groups is 1. The molecule has 1 aliphatic rings. The first-order valence-electron chi connectivity index (χ1n) is 7.47. The predicted octanol–water partition coefficient (Wildman–Crippen LogP) is 4.15. The first-order chi connectivity index (χ1) is 11.1. The molecule has 5 nitrogen and oxygen atoms in total. The van der Waals surface area contributed by atoms with E-state index in [9.17, 15) is 4.79 Å². The van der Waals surface area contributed by atoms with Gasteiger partial charge < -0.3 is 10.2 Å². The van der Waals surface area contributed by atoms with Gasteiger partial charge in [-0.2, -0.15) is 0 Å². The van der Waals surface area contributed by atoms with Crippen molar-refractivity contribution in [2.75, 3.05) is 18.4 Å². The molecule has 1 aliphatic heterocycles. The van der Waals surface area contributed by atoms with Gasteiger partial charge in [-0.15, -0.1) is 0 Å². The fraction of sp³-hybridized carbons (Fsp3) is 0.312. The second-order valence-electron chi connectivity index (χ2n) is 5.39. The van der Waals surface area contributed by atoms with E-state index in [1.54, 1.807) is 18.2 Å². The van der Waals surface area contributed by atoms with Crippen molar-refractivity contribution in [1.29, 1.82) is 0 Å². The van der Waals surface area contributed by atoms with Crippen LogP contribution in [0.3, 0.4) is 0 Å². The fourth-order valence-corrected chi connectivity index (χ4v) is 2.83. The van der Waals surface area contributed by atoms with Gasteiger partial charge in [-0.05, 0) is 37.5 Å². The molecule has 1 saturated heterocycles. The van der Waals surface area contributed by atoms with Crippen molar-refractivity contribution in [2.45, 2.75) is 19.3 Å². The third-order valence-corrected chi connectivity index (χ3v) is 4.27. The van der Waals surface area contributed by atoms with Crippen LogP contribution in [0, 0.1) is 0 Å². The van der Waals surface area contributed by atoms with Crippen LogP contribution in [0.2, 0.25) is 10.0 Å². The second kappa shape index (κ2) is 7.15. The van der Waals surface area contributed by atoms with Crippen molar-refractivity contribution < 1.29 is 4.79 Å². The van der Waals surface area contributed by atoms with Crippen LogP contribution in [0.4, 0.5) is 11.5 Å².